The number of benzene rings is 2. The van der Waals surface area contributed by atoms with Gasteiger partial charge in [-0.25, -0.2) is 9.18 Å². The van der Waals surface area contributed by atoms with Crippen LogP contribution in [-0.4, -0.2) is 55.9 Å². The first kappa shape index (κ1) is 24.8. The van der Waals surface area contributed by atoms with Crippen LogP contribution in [0.25, 0.3) is 16.8 Å². The molecule has 2 aliphatic heterocycles. The third-order valence-corrected chi connectivity index (χ3v) is 8.20. The first-order valence-corrected chi connectivity index (χ1v) is 13.2. The maximum absolute atomic E-state index is 13.2. The number of nitrogens with zero attached hydrogens (tertiary/aromatic N) is 2. The molecule has 0 aliphatic carbocycles. The first-order chi connectivity index (χ1) is 17.8. The number of carbonyl (C=O) groups is 3. The summed E-state index contributed by atoms with van der Waals surface area (Å²) in [7, 11) is 0. The standard InChI is InChI=1S/C26H20FN3O5S2/c1-14(20-11-19(29-35-20)15-7-9-16(27)10-8-15)18-12-37-25-22(24(32)30(25)23(18)26(33)34)28-21(31)13-36-17-5-3-2-4-6-17/h2-11,22,25H,1,12-13H2,(H,28,31)(H,33,34)/t22-,25-/m1/s1. The Labute approximate surface area is 219 Å². The monoisotopic (exact) mass is 537 g/mol. The van der Waals surface area contributed by atoms with E-state index in [2.05, 4.69) is 17.1 Å². The quantitative estimate of drug-likeness (QED) is 0.327. The number of halogens is 1. The van der Waals surface area contributed by atoms with Crippen molar-refractivity contribution in [2.24, 2.45) is 0 Å². The number of hydrogen-bond donors (Lipinski definition) is 2. The molecule has 2 atom stereocenters. The Bertz CT molecular complexity index is 1420. The van der Waals surface area contributed by atoms with Crippen molar-refractivity contribution in [3.8, 4) is 11.3 Å². The van der Waals surface area contributed by atoms with Crippen molar-refractivity contribution in [3.63, 3.8) is 0 Å². The number of carboxylic acids is 1. The van der Waals surface area contributed by atoms with Crippen LogP contribution < -0.4 is 5.32 Å². The largest absolute Gasteiger partial charge is 0.477 e. The SMILES string of the molecule is C=C(C1=C(C(=O)O)N2C(=O)[C@@H](NC(=O)CSc3ccccc3)[C@H]2SC1)c1cc(-c2ccc(F)cc2)no1. The lowest BCUT2D eigenvalue weighted by Gasteiger charge is -2.49. The minimum absolute atomic E-state index is 0.136. The van der Waals surface area contributed by atoms with Gasteiger partial charge in [-0.05, 0) is 36.4 Å². The van der Waals surface area contributed by atoms with Gasteiger partial charge in [0, 0.05) is 33.4 Å². The number of amides is 2. The Hall–Kier alpha value is -3.83. The number of carbonyl (C=O) groups excluding carboxylic acids is 2. The van der Waals surface area contributed by atoms with Crippen LogP contribution in [0.3, 0.4) is 0 Å². The van der Waals surface area contributed by atoms with Gasteiger partial charge >= 0.3 is 5.97 Å². The molecular formula is C26H20FN3O5S2. The molecule has 0 spiro atoms. The van der Waals surface area contributed by atoms with Crippen molar-refractivity contribution in [2.45, 2.75) is 16.3 Å². The zero-order valence-corrected chi connectivity index (χ0v) is 20.9. The predicted molar refractivity (Wildman–Crippen MR) is 138 cm³/mol. The third kappa shape index (κ3) is 4.92. The van der Waals surface area contributed by atoms with Gasteiger partial charge in [0.1, 0.15) is 28.6 Å². The summed E-state index contributed by atoms with van der Waals surface area (Å²) in [5.74, 6) is -1.85. The minimum Gasteiger partial charge on any atom is -0.477 e. The number of thioether (sulfide) groups is 2. The number of allylic oxidation sites excluding steroid dienone is 1. The molecule has 5 rings (SSSR count). The van der Waals surface area contributed by atoms with Gasteiger partial charge in [0.15, 0.2) is 5.76 Å². The predicted octanol–water partition coefficient (Wildman–Crippen LogP) is 4.02. The van der Waals surface area contributed by atoms with Crippen molar-refractivity contribution in [1.29, 1.82) is 0 Å². The number of nitrogens with one attached hydrogen (secondary N) is 1. The van der Waals surface area contributed by atoms with Gasteiger partial charge in [0.05, 0.1) is 5.75 Å². The Morgan fingerprint density at radius 2 is 1.95 bits per heavy atom. The summed E-state index contributed by atoms with van der Waals surface area (Å²) in [6.07, 6.45) is 0. The number of aliphatic carboxylic acids is 1. The van der Waals surface area contributed by atoms with E-state index in [-0.39, 0.29) is 40.3 Å². The number of β-lactam (4-membered cyclic amide) rings is 1. The summed E-state index contributed by atoms with van der Waals surface area (Å²) < 4.78 is 18.6. The molecule has 2 aromatic carbocycles. The van der Waals surface area contributed by atoms with E-state index in [4.69, 9.17) is 4.52 Å². The minimum atomic E-state index is -1.28. The van der Waals surface area contributed by atoms with Crippen molar-refractivity contribution < 1.29 is 28.4 Å². The molecule has 37 heavy (non-hydrogen) atoms. The molecule has 3 aromatic rings. The second kappa shape index (κ2) is 10.3. The van der Waals surface area contributed by atoms with Gasteiger partial charge in [0.25, 0.3) is 5.91 Å². The van der Waals surface area contributed by atoms with Gasteiger partial charge in [0.2, 0.25) is 5.91 Å². The topological polar surface area (TPSA) is 113 Å². The maximum atomic E-state index is 13.2. The van der Waals surface area contributed by atoms with Crippen molar-refractivity contribution in [3.05, 3.63) is 90.1 Å². The van der Waals surface area contributed by atoms with E-state index in [0.29, 0.717) is 16.8 Å². The third-order valence-electron chi connectivity index (χ3n) is 5.91. The zero-order chi connectivity index (χ0) is 26.1. The number of fused-ring (bicyclic) bond motifs is 1. The van der Waals surface area contributed by atoms with Crippen LogP contribution in [0.5, 0.6) is 0 Å². The fourth-order valence-corrected chi connectivity index (χ4v) is 6.17. The maximum Gasteiger partial charge on any atom is 0.352 e. The van der Waals surface area contributed by atoms with E-state index in [9.17, 15) is 23.9 Å². The van der Waals surface area contributed by atoms with Crippen LogP contribution >= 0.6 is 23.5 Å². The Kier molecular flexibility index (Phi) is 6.90. The molecule has 11 heteroatoms. The molecule has 3 heterocycles. The van der Waals surface area contributed by atoms with E-state index >= 15 is 0 Å². The van der Waals surface area contributed by atoms with Gasteiger partial charge < -0.3 is 14.9 Å². The van der Waals surface area contributed by atoms with Gasteiger partial charge in [-0.3, -0.25) is 14.5 Å². The normalized spacial score (nSPS) is 18.7. The van der Waals surface area contributed by atoms with Crippen LogP contribution in [0, 0.1) is 5.82 Å². The zero-order valence-electron chi connectivity index (χ0n) is 19.2. The highest BCUT2D eigenvalue weighted by molar-refractivity contribution is 8.00. The van der Waals surface area contributed by atoms with Crippen LogP contribution in [0.15, 0.2) is 87.9 Å². The van der Waals surface area contributed by atoms with Crippen LogP contribution in [0.2, 0.25) is 0 Å². The molecule has 1 saturated heterocycles. The number of hydrogen-bond acceptors (Lipinski definition) is 7. The van der Waals surface area contributed by atoms with E-state index in [1.54, 1.807) is 18.2 Å². The lowest BCUT2D eigenvalue weighted by Crippen LogP contribution is -2.70. The Morgan fingerprint density at radius 1 is 1.22 bits per heavy atom. The molecule has 188 valence electrons. The fourth-order valence-electron chi connectivity index (χ4n) is 4.05. The average molecular weight is 538 g/mol. The van der Waals surface area contributed by atoms with Crippen molar-refractivity contribution in [2.75, 3.05) is 11.5 Å². The highest BCUT2D eigenvalue weighted by atomic mass is 32.2. The van der Waals surface area contributed by atoms with Crippen LogP contribution in [0.4, 0.5) is 4.39 Å². The molecule has 0 unspecified atom stereocenters. The number of rotatable bonds is 8. The smallest absolute Gasteiger partial charge is 0.352 e. The summed E-state index contributed by atoms with van der Waals surface area (Å²) in [4.78, 5) is 39.7. The Morgan fingerprint density at radius 3 is 2.65 bits per heavy atom. The summed E-state index contributed by atoms with van der Waals surface area (Å²) in [5, 5.41) is 16.1. The van der Waals surface area contributed by atoms with E-state index < -0.39 is 23.3 Å². The molecule has 2 aliphatic rings. The number of aromatic nitrogens is 1. The molecule has 2 amide bonds. The first-order valence-electron chi connectivity index (χ1n) is 11.1. The van der Waals surface area contributed by atoms with Crippen molar-refractivity contribution in [1.82, 2.24) is 15.4 Å². The summed E-state index contributed by atoms with van der Waals surface area (Å²) in [5.41, 5.74) is 1.47. The van der Waals surface area contributed by atoms with Gasteiger partial charge in [-0.1, -0.05) is 29.9 Å². The average Bonchev–Trinajstić information content (AvgIpc) is 3.40. The van der Waals surface area contributed by atoms with E-state index in [1.807, 2.05) is 30.3 Å². The van der Waals surface area contributed by atoms with Crippen LogP contribution in [-0.2, 0) is 14.4 Å². The fraction of sp³-hybridized carbons (Fsp3) is 0.154. The highest BCUT2D eigenvalue weighted by Crippen LogP contribution is 2.44. The van der Waals surface area contributed by atoms with Crippen LogP contribution in [0.1, 0.15) is 5.76 Å². The highest BCUT2D eigenvalue weighted by Gasteiger charge is 2.54. The second-order valence-electron chi connectivity index (χ2n) is 8.25. The van der Waals surface area contributed by atoms with E-state index in [1.165, 1.54) is 40.6 Å². The van der Waals surface area contributed by atoms with Gasteiger partial charge in [-0.15, -0.1) is 23.5 Å². The summed E-state index contributed by atoms with van der Waals surface area (Å²) >= 11 is 2.69. The molecule has 1 aromatic heterocycles. The van der Waals surface area contributed by atoms with Gasteiger partial charge in [-0.2, -0.15) is 0 Å². The van der Waals surface area contributed by atoms with E-state index in [0.717, 1.165) is 4.90 Å². The molecule has 0 saturated carbocycles. The lowest BCUT2D eigenvalue weighted by molar-refractivity contribution is -0.150. The lowest BCUT2D eigenvalue weighted by atomic mass is 9.98. The molecule has 8 nitrogen and oxygen atoms in total. The molecule has 1 fully saturated rings. The summed E-state index contributed by atoms with van der Waals surface area (Å²) in [6, 6.07) is 15.9. The second-order valence-corrected chi connectivity index (χ2v) is 10.4. The number of carboxylic acid groups (broad SMARTS) is 1. The molecular weight excluding hydrogens is 517 g/mol. The molecule has 0 bridgehead atoms. The molecule has 2 N–H and O–H groups in total. The molecule has 0 radical (unpaired) electrons. The van der Waals surface area contributed by atoms with Crippen molar-refractivity contribution >= 4 is 46.9 Å². The summed E-state index contributed by atoms with van der Waals surface area (Å²) in [6.45, 7) is 3.99. The Balaban J connectivity index is 1.30.